The Morgan fingerprint density at radius 3 is 2.75 bits per heavy atom. The molecule has 1 aromatic heterocycles. The summed E-state index contributed by atoms with van der Waals surface area (Å²) >= 11 is 0. The molecule has 0 saturated carbocycles. The van der Waals surface area contributed by atoms with Crippen molar-refractivity contribution < 1.29 is 4.42 Å². The molecular weight excluding hydrogens is 248 g/mol. The number of nitrogens with zero attached hydrogens (tertiary/aromatic N) is 1. The molecule has 0 bridgehead atoms. The van der Waals surface area contributed by atoms with Crippen molar-refractivity contribution in [2.24, 2.45) is 11.3 Å². The number of piperidine rings is 1. The molecule has 1 aromatic rings. The van der Waals surface area contributed by atoms with Gasteiger partial charge in [-0.25, -0.2) is 0 Å². The minimum absolute atomic E-state index is 0.451. The van der Waals surface area contributed by atoms with Gasteiger partial charge in [-0.2, -0.15) is 0 Å². The lowest BCUT2D eigenvalue weighted by atomic mass is 9.84. The van der Waals surface area contributed by atoms with Crippen LogP contribution in [-0.4, -0.2) is 24.5 Å². The van der Waals surface area contributed by atoms with Gasteiger partial charge in [0.1, 0.15) is 11.5 Å². The van der Waals surface area contributed by atoms with E-state index in [9.17, 15) is 0 Å². The lowest BCUT2D eigenvalue weighted by Gasteiger charge is -2.37. The Hall–Kier alpha value is -0.800. The predicted octanol–water partition coefficient (Wildman–Crippen LogP) is 3.65. The fourth-order valence-corrected chi connectivity index (χ4v) is 2.99. The van der Waals surface area contributed by atoms with Gasteiger partial charge in [-0.3, -0.25) is 4.90 Å². The Labute approximate surface area is 123 Å². The Kier molecular flexibility index (Phi) is 5.28. The van der Waals surface area contributed by atoms with Gasteiger partial charge in [-0.15, -0.1) is 0 Å². The number of nitrogens with one attached hydrogen (secondary N) is 1. The van der Waals surface area contributed by atoms with Crippen LogP contribution < -0.4 is 5.32 Å². The molecular formula is C17H30N2O. The molecule has 1 aliphatic rings. The zero-order valence-electron chi connectivity index (χ0n) is 13.5. The van der Waals surface area contributed by atoms with Crippen molar-refractivity contribution in [2.45, 2.75) is 53.6 Å². The summed E-state index contributed by atoms with van der Waals surface area (Å²) in [6.07, 6.45) is 2.64. The Morgan fingerprint density at radius 1 is 1.30 bits per heavy atom. The Balaban J connectivity index is 1.80. The SMILES string of the molecule is CC(C)CNCc1ccc(CN2CCCC(C)(C)C2)o1. The lowest BCUT2D eigenvalue weighted by Crippen LogP contribution is -2.39. The van der Waals surface area contributed by atoms with Crippen LogP contribution in [0.3, 0.4) is 0 Å². The highest BCUT2D eigenvalue weighted by molar-refractivity contribution is 5.07. The number of hydrogen-bond acceptors (Lipinski definition) is 3. The van der Waals surface area contributed by atoms with E-state index in [1.54, 1.807) is 0 Å². The van der Waals surface area contributed by atoms with Gasteiger partial charge in [0.2, 0.25) is 0 Å². The summed E-state index contributed by atoms with van der Waals surface area (Å²) in [5.41, 5.74) is 0.451. The lowest BCUT2D eigenvalue weighted by molar-refractivity contribution is 0.104. The van der Waals surface area contributed by atoms with Gasteiger partial charge in [-0.1, -0.05) is 27.7 Å². The maximum absolute atomic E-state index is 5.93. The van der Waals surface area contributed by atoms with E-state index in [2.05, 4.69) is 50.0 Å². The van der Waals surface area contributed by atoms with E-state index >= 15 is 0 Å². The van der Waals surface area contributed by atoms with Gasteiger partial charge in [0.25, 0.3) is 0 Å². The fourth-order valence-electron chi connectivity index (χ4n) is 2.99. The van der Waals surface area contributed by atoms with Crippen molar-refractivity contribution >= 4 is 0 Å². The summed E-state index contributed by atoms with van der Waals surface area (Å²) in [6.45, 7) is 14.4. The highest BCUT2D eigenvalue weighted by Gasteiger charge is 2.26. The summed E-state index contributed by atoms with van der Waals surface area (Å²) in [5, 5.41) is 3.42. The summed E-state index contributed by atoms with van der Waals surface area (Å²) in [7, 11) is 0. The molecule has 1 fully saturated rings. The van der Waals surface area contributed by atoms with E-state index in [1.807, 2.05) is 0 Å². The summed E-state index contributed by atoms with van der Waals surface area (Å²) in [6, 6.07) is 4.24. The van der Waals surface area contributed by atoms with Crippen molar-refractivity contribution in [2.75, 3.05) is 19.6 Å². The van der Waals surface area contributed by atoms with Crippen molar-refractivity contribution in [3.63, 3.8) is 0 Å². The molecule has 1 saturated heterocycles. The average Bonchev–Trinajstić information content (AvgIpc) is 2.75. The fraction of sp³-hybridized carbons (Fsp3) is 0.765. The molecule has 2 heterocycles. The van der Waals surface area contributed by atoms with E-state index in [4.69, 9.17) is 4.42 Å². The van der Waals surface area contributed by atoms with Crippen molar-refractivity contribution in [1.29, 1.82) is 0 Å². The van der Waals surface area contributed by atoms with Crippen LogP contribution in [0, 0.1) is 11.3 Å². The van der Waals surface area contributed by atoms with E-state index in [1.165, 1.54) is 25.9 Å². The highest BCUT2D eigenvalue weighted by Crippen LogP contribution is 2.29. The molecule has 114 valence electrons. The van der Waals surface area contributed by atoms with Crippen LogP contribution in [0.4, 0.5) is 0 Å². The monoisotopic (exact) mass is 278 g/mol. The van der Waals surface area contributed by atoms with E-state index < -0.39 is 0 Å². The first-order valence-corrected chi connectivity index (χ1v) is 7.95. The molecule has 1 aliphatic heterocycles. The molecule has 3 heteroatoms. The Bertz CT molecular complexity index is 409. The number of hydrogen-bond donors (Lipinski definition) is 1. The van der Waals surface area contributed by atoms with Crippen LogP contribution >= 0.6 is 0 Å². The van der Waals surface area contributed by atoms with Crippen LogP contribution in [0.15, 0.2) is 16.5 Å². The van der Waals surface area contributed by atoms with E-state index in [0.29, 0.717) is 11.3 Å². The average molecular weight is 278 g/mol. The quantitative estimate of drug-likeness (QED) is 0.861. The van der Waals surface area contributed by atoms with Gasteiger partial charge in [0.05, 0.1) is 13.1 Å². The summed E-state index contributed by atoms with van der Waals surface area (Å²) in [4.78, 5) is 2.52. The molecule has 0 radical (unpaired) electrons. The van der Waals surface area contributed by atoms with Crippen molar-refractivity contribution in [3.05, 3.63) is 23.7 Å². The van der Waals surface area contributed by atoms with Gasteiger partial charge < -0.3 is 9.73 Å². The number of rotatable bonds is 6. The highest BCUT2D eigenvalue weighted by atomic mass is 16.3. The first kappa shape index (κ1) is 15.6. The number of likely N-dealkylation sites (tertiary alicyclic amines) is 1. The third kappa shape index (κ3) is 4.95. The van der Waals surface area contributed by atoms with Gasteiger partial charge in [0.15, 0.2) is 0 Å². The molecule has 3 nitrogen and oxygen atoms in total. The zero-order chi connectivity index (χ0) is 14.6. The molecule has 0 spiro atoms. The largest absolute Gasteiger partial charge is 0.463 e. The first-order chi connectivity index (χ1) is 9.44. The first-order valence-electron chi connectivity index (χ1n) is 7.95. The summed E-state index contributed by atoms with van der Waals surface area (Å²) < 4.78 is 5.93. The minimum Gasteiger partial charge on any atom is -0.463 e. The minimum atomic E-state index is 0.451. The molecule has 0 aliphatic carbocycles. The molecule has 0 aromatic carbocycles. The van der Waals surface area contributed by atoms with Crippen molar-refractivity contribution in [1.82, 2.24) is 10.2 Å². The molecule has 20 heavy (non-hydrogen) atoms. The predicted molar refractivity (Wildman–Crippen MR) is 83.5 cm³/mol. The van der Waals surface area contributed by atoms with E-state index in [0.717, 1.165) is 31.2 Å². The van der Waals surface area contributed by atoms with E-state index in [-0.39, 0.29) is 0 Å². The second kappa shape index (κ2) is 6.77. The van der Waals surface area contributed by atoms with Gasteiger partial charge in [-0.05, 0) is 49.4 Å². The Morgan fingerprint density at radius 2 is 2.05 bits per heavy atom. The summed E-state index contributed by atoms with van der Waals surface area (Å²) in [5.74, 6) is 2.83. The molecule has 2 rings (SSSR count). The second-order valence-corrected chi connectivity index (χ2v) is 7.37. The maximum Gasteiger partial charge on any atom is 0.118 e. The van der Waals surface area contributed by atoms with Crippen LogP contribution in [0.25, 0.3) is 0 Å². The topological polar surface area (TPSA) is 28.4 Å². The third-order valence-electron chi connectivity index (χ3n) is 3.93. The molecule has 0 unspecified atom stereocenters. The zero-order valence-corrected chi connectivity index (χ0v) is 13.5. The normalized spacial score (nSPS) is 19.6. The standard InChI is InChI=1S/C17H30N2O/c1-14(2)10-18-11-15-6-7-16(20-15)12-19-9-5-8-17(3,4)13-19/h6-7,14,18H,5,8-13H2,1-4H3. The van der Waals surface area contributed by atoms with Crippen LogP contribution in [0.1, 0.15) is 52.1 Å². The third-order valence-corrected chi connectivity index (χ3v) is 3.93. The smallest absolute Gasteiger partial charge is 0.118 e. The second-order valence-electron chi connectivity index (χ2n) is 7.37. The molecule has 0 amide bonds. The molecule has 1 N–H and O–H groups in total. The number of furan rings is 1. The van der Waals surface area contributed by atoms with Gasteiger partial charge in [0, 0.05) is 6.54 Å². The van der Waals surface area contributed by atoms with Gasteiger partial charge >= 0.3 is 0 Å². The maximum atomic E-state index is 5.93. The van der Waals surface area contributed by atoms with Crippen LogP contribution in [-0.2, 0) is 13.1 Å². The van der Waals surface area contributed by atoms with Crippen molar-refractivity contribution in [3.8, 4) is 0 Å². The van der Waals surface area contributed by atoms with Crippen LogP contribution in [0.2, 0.25) is 0 Å². The van der Waals surface area contributed by atoms with Crippen LogP contribution in [0.5, 0.6) is 0 Å². The molecule has 0 atom stereocenters.